The molecule has 0 saturated heterocycles. The molecule has 0 aromatic heterocycles. The van der Waals surface area contributed by atoms with Crippen LogP contribution in [-0.4, -0.2) is 87.9 Å². The summed E-state index contributed by atoms with van der Waals surface area (Å²) >= 11 is 0. The minimum atomic E-state index is -2.01. The van der Waals surface area contributed by atoms with Crippen molar-refractivity contribution < 1.29 is 53.8 Å². The number of aliphatic hydroxyl groups excluding tert-OH is 2. The van der Waals surface area contributed by atoms with Crippen LogP contribution in [0.1, 0.15) is 77.7 Å². The number of aromatic hydroxyl groups is 2. The predicted octanol–water partition coefficient (Wildman–Crippen LogP) is 5.86. The number of ether oxygens (including phenoxy) is 4. The zero-order valence-electron chi connectivity index (χ0n) is 34.1. The van der Waals surface area contributed by atoms with E-state index in [1.165, 1.54) is 59.3 Å². The van der Waals surface area contributed by atoms with Crippen molar-refractivity contribution in [2.45, 2.75) is 98.9 Å². The Morgan fingerprint density at radius 1 is 1.02 bits per heavy atom. The Kier molecular flexibility index (Phi) is 14.3. The van der Waals surface area contributed by atoms with Crippen LogP contribution in [0.5, 0.6) is 17.2 Å². The first-order valence-electron chi connectivity index (χ1n) is 18.9. The molecule has 5 rings (SSSR count). The zero-order valence-corrected chi connectivity index (χ0v) is 34.1. The van der Waals surface area contributed by atoms with Crippen LogP contribution in [0.25, 0.3) is 10.8 Å². The van der Waals surface area contributed by atoms with E-state index in [2.05, 4.69) is 20.5 Å². The molecule has 3 aliphatic rings. The van der Waals surface area contributed by atoms with Gasteiger partial charge < -0.3 is 50.4 Å². The summed E-state index contributed by atoms with van der Waals surface area (Å²) in [6.45, 7) is 14.9. The number of amides is 1. The highest BCUT2D eigenvalue weighted by Crippen LogP contribution is 2.54. The second kappa shape index (κ2) is 18.3. The summed E-state index contributed by atoms with van der Waals surface area (Å²) in [4.78, 5) is 44.3. The standard InChI is InChI=1S/C41H55N5O11/c1-11-16-43-40(42)46-45-26-18-27-35(51)30-29(26)31-37(24(7)34(30)50)57-41(9,38(31)52)55-17-15-28(54-10)21(4)36(56-25(8)47)23(6)33(49)22(5)32(48)19(2)13-12-14-20(3)39(53)44-27/h12-15,17-19,21-23,28,32-33,36,48-51H,11,16H2,1-10H3,(H2,42,43)(H,44,53)/b13-12+,17-15+,20-14-,46-45?. The summed E-state index contributed by atoms with van der Waals surface area (Å²) in [6.07, 6.45) is 4.33. The van der Waals surface area contributed by atoms with Crippen LogP contribution in [-0.2, 0) is 23.8 Å². The van der Waals surface area contributed by atoms with E-state index in [0.717, 1.165) is 0 Å². The Bertz CT molecular complexity index is 2030. The number of nitrogens with two attached hydrogens (primary N) is 1. The number of esters is 1. The molecule has 0 spiro atoms. The van der Waals surface area contributed by atoms with Crippen molar-refractivity contribution in [2.24, 2.45) is 44.6 Å². The lowest BCUT2D eigenvalue weighted by atomic mass is 9.78. The predicted molar refractivity (Wildman–Crippen MR) is 213 cm³/mol. The van der Waals surface area contributed by atoms with Gasteiger partial charge in [-0.1, -0.05) is 52.8 Å². The first-order valence-corrected chi connectivity index (χ1v) is 18.9. The summed E-state index contributed by atoms with van der Waals surface area (Å²) in [7, 11) is 1.44. The van der Waals surface area contributed by atoms with Gasteiger partial charge in [0.1, 0.15) is 17.6 Å². The first kappa shape index (κ1) is 44.4. The molecule has 7 N–H and O–H groups in total. The van der Waals surface area contributed by atoms with Gasteiger partial charge in [-0.25, -0.2) is 0 Å². The third-order valence-corrected chi connectivity index (χ3v) is 10.6. The third-order valence-electron chi connectivity index (χ3n) is 10.6. The molecule has 9 unspecified atom stereocenters. The number of anilines is 1. The van der Waals surface area contributed by atoms with Crippen molar-refractivity contribution in [1.29, 1.82) is 0 Å². The number of fused-ring (bicyclic) bond motifs is 14. The second-order valence-electron chi connectivity index (χ2n) is 14.9. The number of phenolic OH excluding ortho intramolecular Hbond substituents is 2. The molecule has 3 heterocycles. The van der Waals surface area contributed by atoms with Crippen LogP contribution >= 0.6 is 0 Å². The summed E-state index contributed by atoms with van der Waals surface area (Å²) in [5.41, 5.74) is 5.96. The Labute approximate surface area is 332 Å². The number of Topliss-reactive ketones (excluding diaryl/α,β-unsaturated/α-hetero) is 1. The van der Waals surface area contributed by atoms with E-state index in [-0.39, 0.29) is 50.6 Å². The molecule has 3 aliphatic heterocycles. The van der Waals surface area contributed by atoms with Gasteiger partial charge in [0.2, 0.25) is 5.96 Å². The molecule has 2 aromatic rings. The van der Waals surface area contributed by atoms with Crippen LogP contribution in [0, 0.1) is 30.6 Å². The molecule has 5 bridgehead atoms. The number of ketones is 1. The lowest BCUT2D eigenvalue weighted by Crippen LogP contribution is -2.46. The average molecular weight is 794 g/mol. The Hall–Kier alpha value is -5.32. The molecule has 1 amide bonds. The summed E-state index contributed by atoms with van der Waals surface area (Å²) in [5.74, 6) is -7.60. The Balaban J connectivity index is 1.96. The van der Waals surface area contributed by atoms with Crippen molar-refractivity contribution in [3.63, 3.8) is 0 Å². The molecule has 16 nitrogen and oxygen atoms in total. The van der Waals surface area contributed by atoms with E-state index >= 15 is 0 Å². The van der Waals surface area contributed by atoms with Gasteiger partial charge in [0.25, 0.3) is 11.7 Å². The number of allylic oxidation sites excluding steroid dienone is 2. The number of guanidine groups is 1. The molecule has 2 aromatic carbocycles. The minimum absolute atomic E-state index is 0.0443. The van der Waals surface area contributed by atoms with Gasteiger partial charge >= 0.3 is 11.8 Å². The molecule has 57 heavy (non-hydrogen) atoms. The molecule has 310 valence electrons. The number of phenols is 2. The van der Waals surface area contributed by atoms with Crippen molar-refractivity contribution >= 4 is 45.8 Å². The van der Waals surface area contributed by atoms with Gasteiger partial charge in [-0.15, -0.1) is 10.2 Å². The van der Waals surface area contributed by atoms with Crippen LogP contribution in [0.3, 0.4) is 0 Å². The van der Waals surface area contributed by atoms with Gasteiger partial charge in [0.05, 0.1) is 46.9 Å². The number of hydrogen-bond acceptors (Lipinski definition) is 13. The maximum Gasteiger partial charge on any atom is 0.312 e. The van der Waals surface area contributed by atoms with Crippen molar-refractivity contribution in [2.75, 3.05) is 19.0 Å². The summed E-state index contributed by atoms with van der Waals surface area (Å²) in [5, 5.41) is 56.6. The molecular weight excluding hydrogens is 738 g/mol. The normalized spacial score (nSPS) is 31.1. The number of azo groups is 1. The SMILES string of the molecule is CCCN=C(N)N=Nc1cc2c(O)c3c(O)c(C)c4c(c13)C(=O)C(C)(O/C=C/C(OC)C(C)C(OC(C)=O)C(C)C(O)C(C)C(O)C(C)/C=C/C=C(/C)C(=O)N2)O4. The molecular formula is C41H55N5O11. The number of carbonyl (C=O) groups excluding carboxylic acids is 3. The van der Waals surface area contributed by atoms with E-state index in [4.69, 9.17) is 24.7 Å². The highest BCUT2D eigenvalue weighted by molar-refractivity contribution is 6.22. The van der Waals surface area contributed by atoms with Crippen molar-refractivity contribution in [3.8, 4) is 17.2 Å². The second-order valence-corrected chi connectivity index (χ2v) is 14.9. The summed E-state index contributed by atoms with van der Waals surface area (Å²) in [6, 6.07) is 1.28. The lowest BCUT2D eigenvalue weighted by Gasteiger charge is -2.38. The fourth-order valence-electron chi connectivity index (χ4n) is 7.09. The maximum absolute atomic E-state index is 14.4. The van der Waals surface area contributed by atoms with E-state index in [0.29, 0.717) is 13.0 Å². The van der Waals surface area contributed by atoms with Gasteiger partial charge in [-0.2, -0.15) is 0 Å². The van der Waals surface area contributed by atoms with Crippen LogP contribution < -0.4 is 15.8 Å². The molecule has 0 saturated carbocycles. The lowest BCUT2D eigenvalue weighted by molar-refractivity contribution is -0.160. The monoisotopic (exact) mass is 793 g/mol. The van der Waals surface area contributed by atoms with Gasteiger partial charge in [0.15, 0.2) is 5.75 Å². The van der Waals surface area contributed by atoms with E-state index < -0.39 is 83.0 Å². The number of nitrogens with zero attached hydrogens (tertiary/aromatic N) is 3. The fraction of sp³-hybridized carbons (Fsp3) is 0.512. The molecule has 9 atom stereocenters. The quantitative estimate of drug-likeness (QED) is 0.0686. The smallest absolute Gasteiger partial charge is 0.312 e. The first-order chi connectivity index (χ1) is 26.8. The maximum atomic E-state index is 14.4. The number of carbonyl (C=O) groups is 3. The van der Waals surface area contributed by atoms with Crippen LogP contribution in [0.15, 0.2) is 57.4 Å². The number of aliphatic hydroxyl groups is 2. The number of benzene rings is 2. The van der Waals surface area contributed by atoms with Gasteiger partial charge in [-0.05, 0) is 32.4 Å². The van der Waals surface area contributed by atoms with Gasteiger partial charge in [-0.3, -0.25) is 19.4 Å². The van der Waals surface area contributed by atoms with E-state index in [1.807, 2.05) is 6.92 Å². The molecule has 16 heteroatoms. The van der Waals surface area contributed by atoms with E-state index in [9.17, 15) is 34.8 Å². The Morgan fingerprint density at radius 2 is 1.70 bits per heavy atom. The van der Waals surface area contributed by atoms with Crippen molar-refractivity contribution in [1.82, 2.24) is 0 Å². The van der Waals surface area contributed by atoms with Crippen molar-refractivity contribution in [3.05, 3.63) is 53.3 Å². The fourth-order valence-corrected chi connectivity index (χ4v) is 7.09. The minimum Gasteiger partial charge on any atom is -0.507 e. The number of nitrogens with one attached hydrogen (secondary N) is 1. The van der Waals surface area contributed by atoms with Gasteiger partial charge in [0, 0.05) is 67.7 Å². The number of hydrogen-bond donors (Lipinski definition) is 6. The number of rotatable bonds is 5. The largest absolute Gasteiger partial charge is 0.507 e. The topological polar surface area (TPSA) is 244 Å². The highest BCUT2D eigenvalue weighted by Gasteiger charge is 2.49. The Morgan fingerprint density at radius 3 is 2.33 bits per heavy atom. The summed E-state index contributed by atoms with van der Waals surface area (Å²) < 4.78 is 23.6. The van der Waals surface area contributed by atoms with Crippen LogP contribution in [0.4, 0.5) is 11.4 Å². The molecule has 0 aliphatic carbocycles. The molecule has 0 radical (unpaired) electrons. The average Bonchev–Trinajstić information content (AvgIpc) is 3.44. The third kappa shape index (κ3) is 9.29. The van der Waals surface area contributed by atoms with E-state index in [1.54, 1.807) is 39.8 Å². The number of aliphatic imine (C=N–C) groups is 1. The number of methoxy groups -OCH3 is 1. The zero-order chi connectivity index (χ0) is 42.5. The van der Waals surface area contributed by atoms with Crippen LogP contribution in [0.2, 0.25) is 0 Å². The highest BCUT2D eigenvalue weighted by atomic mass is 16.7. The molecule has 0 fully saturated rings.